The molecule has 0 aliphatic rings. The summed E-state index contributed by atoms with van der Waals surface area (Å²) in [7, 11) is 0. The van der Waals surface area contributed by atoms with Gasteiger partial charge < -0.3 is 5.32 Å². The van der Waals surface area contributed by atoms with Crippen LogP contribution in [0.1, 0.15) is 16.7 Å². The largest absolute Gasteiger partial charge is 0.416 e. The van der Waals surface area contributed by atoms with E-state index in [1.807, 2.05) is 0 Å². The summed E-state index contributed by atoms with van der Waals surface area (Å²) in [6.45, 7) is 1.65. The van der Waals surface area contributed by atoms with Gasteiger partial charge in [0.25, 0.3) is 0 Å². The van der Waals surface area contributed by atoms with Gasteiger partial charge in [0.05, 0.1) is 11.3 Å². The molecule has 1 N–H and O–H groups in total. The van der Waals surface area contributed by atoms with E-state index in [0.717, 1.165) is 17.7 Å². The molecule has 2 aromatic rings. The average Bonchev–Trinajstić information content (AvgIpc) is 2.38. The lowest BCUT2D eigenvalue weighted by Gasteiger charge is -2.12. The number of anilines is 1. The van der Waals surface area contributed by atoms with E-state index in [-0.39, 0.29) is 17.8 Å². The van der Waals surface area contributed by atoms with Crippen molar-refractivity contribution in [2.75, 3.05) is 5.32 Å². The topological polar surface area (TPSA) is 12.0 Å². The summed E-state index contributed by atoms with van der Waals surface area (Å²) in [4.78, 5) is 0. The summed E-state index contributed by atoms with van der Waals surface area (Å²) in [5.74, 6) is -1.50. The number of benzene rings is 2. The van der Waals surface area contributed by atoms with E-state index in [0.29, 0.717) is 6.07 Å². The highest BCUT2D eigenvalue weighted by molar-refractivity contribution is 5.47. The van der Waals surface area contributed by atoms with Gasteiger partial charge in [-0.1, -0.05) is 6.07 Å². The summed E-state index contributed by atoms with van der Waals surface area (Å²) in [5, 5.41) is 2.67. The molecular weight excluding hydrogens is 289 g/mol. The van der Waals surface area contributed by atoms with Crippen molar-refractivity contribution in [2.24, 2.45) is 0 Å². The second kappa shape index (κ2) is 5.71. The third-order valence-electron chi connectivity index (χ3n) is 2.89. The number of aryl methyl sites for hydroxylation is 1. The molecule has 0 unspecified atom stereocenters. The predicted molar refractivity (Wildman–Crippen MR) is 69.9 cm³/mol. The molecule has 0 aliphatic carbocycles. The molecule has 0 aliphatic heterocycles. The Balaban J connectivity index is 2.20. The van der Waals surface area contributed by atoms with Crippen molar-refractivity contribution in [2.45, 2.75) is 19.6 Å². The maximum atomic E-state index is 13.5. The molecule has 112 valence electrons. The zero-order chi connectivity index (χ0) is 15.6. The van der Waals surface area contributed by atoms with Crippen LogP contribution in [0.4, 0.5) is 27.6 Å². The van der Waals surface area contributed by atoms with Crippen molar-refractivity contribution in [1.29, 1.82) is 0 Å². The standard InChI is InChI=1S/C15H12F5N/c1-9-2-3-13(17)14(4-9)21-8-10-5-11(15(18,19)20)7-12(16)6-10/h2-7,21H,8H2,1H3. The Kier molecular flexibility index (Phi) is 4.16. The Labute approximate surface area is 118 Å². The first kappa shape index (κ1) is 15.3. The Hall–Kier alpha value is -2.11. The van der Waals surface area contributed by atoms with Crippen molar-refractivity contribution in [3.8, 4) is 0 Å². The van der Waals surface area contributed by atoms with E-state index < -0.39 is 23.4 Å². The minimum Gasteiger partial charge on any atom is -0.379 e. The monoisotopic (exact) mass is 301 g/mol. The molecule has 0 bridgehead atoms. The van der Waals surface area contributed by atoms with E-state index in [9.17, 15) is 22.0 Å². The van der Waals surface area contributed by atoms with Crippen molar-refractivity contribution < 1.29 is 22.0 Å². The number of hydrogen-bond acceptors (Lipinski definition) is 1. The lowest BCUT2D eigenvalue weighted by atomic mass is 10.1. The minimum absolute atomic E-state index is 0.0863. The first-order valence-corrected chi connectivity index (χ1v) is 6.12. The van der Waals surface area contributed by atoms with Crippen molar-refractivity contribution >= 4 is 5.69 Å². The van der Waals surface area contributed by atoms with Crippen molar-refractivity contribution in [3.05, 3.63) is 64.7 Å². The summed E-state index contributed by atoms with van der Waals surface area (Å²) in [6.07, 6.45) is -4.62. The van der Waals surface area contributed by atoms with Gasteiger partial charge in [-0.2, -0.15) is 13.2 Å². The second-order valence-electron chi connectivity index (χ2n) is 4.68. The van der Waals surface area contributed by atoms with Gasteiger partial charge in [-0.15, -0.1) is 0 Å². The molecule has 21 heavy (non-hydrogen) atoms. The zero-order valence-electron chi connectivity index (χ0n) is 11.1. The fraction of sp³-hybridized carbons (Fsp3) is 0.200. The molecule has 1 nitrogen and oxygen atoms in total. The zero-order valence-corrected chi connectivity index (χ0v) is 11.1. The van der Waals surface area contributed by atoms with Crippen molar-refractivity contribution in [3.63, 3.8) is 0 Å². The number of rotatable bonds is 3. The normalized spacial score (nSPS) is 11.5. The van der Waals surface area contributed by atoms with Gasteiger partial charge in [0.2, 0.25) is 0 Å². The Morgan fingerprint density at radius 1 is 1.00 bits per heavy atom. The number of hydrogen-bond donors (Lipinski definition) is 1. The van der Waals surface area contributed by atoms with Gasteiger partial charge in [-0.25, -0.2) is 8.78 Å². The van der Waals surface area contributed by atoms with Crippen LogP contribution in [0.3, 0.4) is 0 Å². The van der Waals surface area contributed by atoms with E-state index in [2.05, 4.69) is 5.32 Å². The molecule has 0 heterocycles. The lowest BCUT2D eigenvalue weighted by molar-refractivity contribution is -0.137. The van der Waals surface area contributed by atoms with Crippen LogP contribution in [0, 0.1) is 18.6 Å². The summed E-state index contributed by atoms with van der Waals surface area (Å²) >= 11 is 0. The number of alkyl halides is 3. The average molecular weight is 301 g/mol. The third-order valence-corrected chi connectivity index (χ3v) is 2.89. The minimum atomic E-state index is -4.62. The molecule has 0 atom stereocenters. The first-order chi connectivity index (χ1) is 9.75. The summed E-state index contributed by atoms with van der Waals surface area (Å²) in [5.41, 5.74) is -0.0193. The molecular formula is C15H12F5N. The Bertz CT molecular complexity index is 649. The molecule has 0 fully saturated rings. The van der Waals surface area contributed by atoms with E-state index in [1.54, 1.807) is 13.0 Å². The Morgan fingerprint density at radius 3 is 2.38 bits per heavy atom. The highest BCUT2D eigenvalue weighted by Gasteiger charge is 2.31. The van der Waals surface area contributed by atoms with E-state index in [1.165, 1.54) is 12.1 Å². The maximum Gasteiger partial charge on any atom is 0.416 e. The molecule has 0 spiro atoms. The number of nitrogens with one attached hydrogen (secondary N) is 1. The van der Waals surface area contributed by atoms with Crippen LogP contribution < -0.4 is 5.32 Å². The molecule has 2 aromatic carbocycles. The fourth-order valence-corrected chi connectivity index (χ4v) is 1.89. The smallest absolute Gasteiger partial charge is 0.379 e. The number of halogens is 5. The third kappa shape index (κ3) is 3.93. The van der Waals surface area contributed by atoms with Crippen LogP contribution >= 0.6 is 0 Å². The highest BCUT2D eigenvalue weighted by atomic mass is 19.4. The summed E-state index contributed by atoms with van der Waals surface area (Å²) < 4.78 is 64.5. The van der Waals surface area contributed by atoms with E-state index >= 15 is 0 Å². The quantitative estimate of drug-likeness (QED) is 0.795. The van der Waals surface area contributed by atoms with Crippen LogP contribution in [0.15, 0.2) is 36.4 Å². The Morgan fingerprint density at radius 2 is 1.71 bits per heavy atom. The van der Waals surface area contributed by atoms with Crippen LogP contribution in [0.25, 0.3) is 0 Å². The van der Waals surface area contributed by atoms with Gasteiger partial charge in [0.1, 0.15) is 11.6 Å². The van der Waals surface area contributed by atoms with Crippen LogP contribution in [-0.4, -0.2) is 0 Å². The molecule has 0 aromatic heterocycles. The molecule has 0 saturated carbocycles. The fourth-order valence-electron chi connectivity index (χ4n) is 1.89. The lowest BCUT2D eigenvalue weighted by Crippen LogP contribution is -2.08. The van der Waals surface area contributed by atoms with Gasteiger partial charge in [0, 0.05) is 6.54 Å². The first-order valence-electron chi connectivity index (χ1n) is 6.12. The van der Waals surface area contributed by atoms with Crippen LogP contribution in [-0.2, 0) is 12.7 Å². The molecule has 0 amide bonds. The van der Waals surface area contributed by atoms with E-state index in [4.69, 9.17) is 0 Å². The van der Waals surface area contributed by atoms with Crippen LogP contribution in [0.5, 0.6) is 0 Å². The molecule has 6 heteroatoms. The molecule has 0 saturated heterocycles. The predicted octanol–water partition coefficient (Wildman–Crippen LogP) is 4.90. The highest BCUT2D eigenvalue weighted by Crippen LogP contribution is 2.30. The SMILES string of the molecule is Cc1ccc(F)c(NCc2cc(F)cc(C(F)(F)F)c2)c1. The van der Waals surface area contributed by atoms with Gasteiger partial charge >= 0.3 is 6.18 Å². The van der Waals surface area contributed by atoms with Gasteiger partial charge in [-0.3, -0.25) is 0 Å². The van der Waals surface area contributed by atoms with Crippen LogP contribution in [0.2, 0.25) is 0 Å². The maximum absolute atomic E-state index is 13.5. The van der Waals surface area contributed by atoms with Crippen molar-refractivity contribution in [1.82, 2.24) is 0 Å². The molecule has 0 radical (unpaired) electrons. The molecule has 2 rings (SSSR count). The van der Waals surface area contributed by atoms with Gasteiger partial charge in [-0.05, 0) is 48.4 Å². The van der Waals surface area contributed by atoms with Gasteiger partial charge in [0.15, 0.2) is 0 Å². The second-order valence-corrected chi connectivity index (χ2v) is 4.68. The summed E-state index contributed by atoms with van der Waals surface area (Å²) in [6, 6.07) is 6.60.